The molecule has 2 amide bonds. The van der Waals surface area contributed by atoms with E-state index in [1.165, 1.54) is 23.1 Å². The Morgan fingerprint density at radius 2 is 1.82 bits per heavy atom. The first-order chi connectivity index (χ1) is 15.9. The second-order valence-corrected chi connectivity index (χ2v) is 9.93. The number of carbonyl (C=O) groups is 2. The predicted molar refractivity (Wildman–Crippen MR) is 130 cm³/mol. The third-order valence-electron chi connectivity index (χ3n) is 5.16. The second kappa shape index (κ2) is 11.6. The van der Waals surface area contributed by atoms with Crippen LogP contribution in [-0.2, 0) is 26.2 Å². The third kappa shape index (κ3) is 7.27. The van der Waals surface area contributed by atoms with Gasteiger partial charge in [-0.05, 0) is 31.9 Å². The molecule has 0 saturated heterocycles. The van der Waals surface area contributed by atoms with E-state index in [4.69, 9.17) is 0 Å². The van der Waals surface area contributed by atoms with Crippen LogP contribution in [-0.4, -0.2) is 55.4 Å². The zero-order chi connectivity index (χ0) is 25.5. The van der Waals surface area contributed by atoms with Gasteiger partial charge < -0.3 is 10.2 Å². The Kier molecular flexibility index (Phi) is 9.13. The van der Waals surface area contributed by atoms with E-state index in [0.29, 0.717) is 6.54 Å². The van der Waals surface area contributed by atoms with Gasteiger partial charge >= 0.3 is 0 Å². The van der Waals surface area contributed by atoms with Crippen LogP contribution in [0.15, 0.2) is 48.5 Å². The van der Waals surface area contributed by atoms with E-state index in [-0.39, 0.29) is 23.8 Å². The Labute approximate surface area is 199 Å². The molecule has 0 aliphatic heterocycles. The van der Waals surface area contributed by atoms with Crippen LogP contribution in [0.3, 0.4) is 0 Å². The van der Waals surface area contributed by atoms with Gasteiger partial charge in [0.25, 0.3) is 5.69 Å². The highest BCUT2D eigenvalue weighted by molar-refractivity contribution is 7.92. The molecule has 0 unspecified atom stereocenters. The monoisotopic (exact) mass is 490 g/mol. The fraction of sp³-hybridized carbons (Fsp3) is 0.391. The van der Waals surface area contributed by atoms with Crippen molar-refractivity contribution in [1.82, 2.24) is 10.2 Å². The van der Waals surface area contributed by atoms with Crippen molar-refractivity contribution in [2.24, 2.45) is 0 Å². The molecule has 1 N–H and O–H groups in total. The topological polar surface area (TPSA) is 130 Å². The molecule has 0 fully saturated rings. The first-order valence-corrected chi connectivity index (χ1v) is 12.6. The van der Waals surface area contributed by atoms with Crippen molar-refractivity contribution in [3.63, 3.8) is 0 Å². The Hall–Kier alpha value is -3.47. The van der Waals surface area contributed by atoms with Crippen LogP contribution in [0, 0.1) is 17.0 Å². The molecule has 2 rings (SSSR count). The minimum atomic E-state index is -3.97. The lowest BCUT2D eigenvalue weighted by Crippen LogP contribution is -2.51. The standard InChI is InChI=1S/C23H30N4O6S/c1-5-12-24-23(29)18(3)25(15-19-9-6-8-17(2)13-19)22(28)16-26(34(4,32)33)20-10-7-11-21(14-20)27(30)31/h6-11,13-14,18H,5,12,15-16H2,1-4H3,(H,24,29)/t18-/m1/s1. The zero-order valence-electron chi connectivity index (χ0n) is 19.7. The number of sulfonamides is 1. The van der Waals surface area contributed by atoms with Crippen molar-refractivity contribution >= 4 is 33.2 Å². The van der Waals surface area contributed by atoms with Crippen LogP contribution in [0.5, 0.6) is 0 Å². The average Bonchev–Trinajstić information content (AvgIpc) is 2.78. The van der Waals surface area contributed by atoms with Gasteiger partial charge in [0, 0.05) is 25.2 Å². The maximum absolute atomic E-state index is 13.4. The van der Waals surface area contributed by atoms with E-state index in [1.807, 2.05) is 38.1 Å². The number of carbonyl (C=O) groups excluding carboxylic acids is 2. The molecule has 1 atom stereocenters. The van der Waals surface area contributed by atoms with Gasteiger partial charge in [0.15, 0.2) is 0 Å². The summed E-state index contributed by atoms with van der Waals surface area (Å²) in [6, 6.07) is 11.6. The van der Waals surface area contributed by atoms with Crippen molar-refractivity contribution < 1.29 is 22.9 Å². The van der Waals surface area contributed by atoms with Gasteiger partial charge in [-0.3, -0.25) is 24.0 Å². The van der Waals surface area contributed by atoms with E-state index >= 15 is 0 Å². The summed E-state index contributed by atoms with van der Waals surface area (Å²) >= 11 is 0. The average molecular weight is 491 g/mol. The Bertz CT molecular complexity index is 1150. The molecule has 0 aliphatic rings. The van der Waals surface area contributed by atoms with Gasteiger partial charge in [0.2, 0.25) is 21.8 Å². The fourth-order valence-corrected chi connectivity index (χ4v) is 4.20. The summed E-state index contributed by atoms with van der Waals surface area (Å²) in [6.45, 7) is 5.31. The number of anilines is 1. The van der Waals surface area contributed by atoms with Crippen molar-refractivity contribution in [2.75, 3.05) is 23.7 Å². The summed E-state index contributed by atoms with van der Waals surface area (Å²) in [7, 11) is -3.97. The molecule has 2 aromatic carbocycles. The largest absolute Gasteiger partial charge is 0.354 e. The van der Waals surface area contributed by atoms with Gasteiger partial charge in [0.1, 0.15) is 12.6 Å². The highest BCUT2D eigenvalue weighted by Crippen LogP contribution is 2.24. The van der Waals surface area contributed by atoms with Gasteiger partial charge in [-0.1, -0.05) is 42.8 Å². The highest BCUT2D eigenvalue weighted by Gasteiger charge is 2.30. The summed E-state index contributed by atoms with van der Waals surface area (Å²) in [5.41, 5.74) is 1.44. The molecule has 0 aliphatic carbocycles. The van der Waals surface area contributed by atoms with Crippen molar-refractivity contribution in [1.29, 1.82) is 0 Å². The normalized spacial score (nSPS) is 12.0. The third-order valence-corrected chi connectivity index (χ3v) is 6.30. The summed E-state index contributed by atoms with van der Waals surface area (Å²) < 4.78 is 25.9. The lowest BCUT2D eigenvalue weighted by atomic mass is 10.1. The SMILES string of the molecule is CCCNC(=O)[C@@H](C)N(Cc1cccc(C)c1)C(=O)CN(c1cccc([N+](=O)[O-])c1)S(C)(=O)=O. The predicted octanol–water partition coefficient (Wildman–Crippen LogP) is 2.61. The number of rotatable bonds is 11. The first-order valence-electron chi connectivity index (χ1n) is 10.8. The summed E-state index contributed by atoms with van der Waals surface area (Å²) in [5, 5.41) is 13.9. The van der Waals surface area contributed by atoms with Crippen molar-refractivity contribution in [2.45, 2.75) is 39.8 Å². The van der Waals surface area contributed by atoms with Crippen LogP contribution < -0.4 is 9.62 Å². The Morgan fingerprint density at radius 3 is 2.41 bits per heavy atom. The Morgan fingerprint density at radius 1 is 1.15 bits per heavy atom. The number of nitrogens with one attached hydrogen (secondary N) is 1. The number of amides is 2. The number of nitro groups is 1. The lowest BCUT2D eigenvalue weighted by Gasteiger charge is -2.31. The van der Waals surface area contributed by atoms with Crippen molar-refractivity contribution in [3.05, 3.63) is 69.8 Å². The molecule has 11 heteroatoms. The molecule has 0 radical (unpaired) electrons. The van der Waals surface area contributed by atoms with Crippen molar-refractivity contribution in [3.8, 4) is 0 Å². The second-order valence-electron chi connectivity index (χ2n) is 8.02. The fourth-order valence-electron chi connectivity index (χ4n) is 3.36. The van der Waals surface area contributed by atoms with Gasteiger partial charge in [-0.15, -0.1) is 0 Å². The number of aryl methyl sites for hydroxylation is 1. The zero-order valence-corrected chi connectivity index (χ0v) is 20.5. The van der Waals surface area contributed by atoms with E-state index in [2.05, 4.69) is 5.32 Å². The molecular weight excluding hydrogens is 460 g/mol. The number of hydrogen-bond acceptors (Lipinski definition) is 6. The number of benzene rings is 2. The minimum absolute atomic E-state index is 0.0105. The van der Waals surface area contributed by atoms with Crippen LogP contribution in [0.4, 0.5) is 11.4 Å². The molecule has 34 heavy (non-hydrogen) atoms. The lowest BCUT2D eigenvalue weighted by molar-refractivity contribution is -0.384. The number of hydrogen-bond donors (Lipinski definition) is 1. The number of nitro benzene ring substituents is 1. The van der Waals surface area contributed by atoms with Crippen LogP contribution >= 0.6 is 0 Å². The molecule has 0 aromatic heterocycles. The summed E-state index contributed by atoms with van der Waals surface area (Å²) in [4.78, 5) is 37.9. The number of non-ortho nitro benzene ring substituents is 1. The molecule has 0 bridgehead atoms. The van der Waals surface area contributed by atoms with E-state index in [1.54, 1.807) is 6.92 Å². The van der Waals surface area contributed by atoms with Gasteiger partial charge in [0.05, 0.1) is 16.9 Å². The summed E-state index contributed by atoms with van der Waals surface area (Å²) in [6.07, 6.45) is 1.64. The van der Waals surface area contributed by atoms with E-state index in [0.717, 1.165) is 34.2 Å². The van der Waals surface area contributed by atoms with Crippen LogP contribution in [0.1, 0.15) is 31.4 Å². The maximum atomic E-state index is 13.4. The molecule has 0 saturated carbocycles. The smallest absolute Gasteiger partial charge is 0.271 e. The van der Waals surface area contributed by atoms with Crippen LogP contribution in [0.2, 0.25) is 0 Å². The minimum Gasteiger partial charge on any atom is -0.354 e. The van der Waals surface area contributed by atoms with E-state index < -0.39 is 33.4 Å². The first kappa shape index (κ1) is 26.8. The maximum Gasteiger partial charge on any atom is 0.271 e. The molecule has 2 aromatic rings. The molecule has 0 heterocycles. The quantitative estimate of drug-likeness (QED) is 0.381. The van der Waals surface area contributed by atoms with Crippen LogP contribution in [0.25, 0.3) is 0 Å². The Balaban J connectivity index is 2.41. The molecular formula is C23H30N4O6S. The van der Waals surface area contributed by atoms with Gasteiger partial charge in [-0.25, -0.2) is 8.42 Å². The van der Waals surface area contributed by atoms with E-state index in [9.17, 15) is 28.1 Å². The highest BCUT2D eigenvalue weighted by atomic mass is 32.2. The molecule has 10 nitrogen and oxygen atoms in total. The van der Waals surface area contributed by atoms with Gasteiger partial charge in [-0.2, -0.15) is 0 Å². The number of nitrogens with zero attached hydrogens (tertiary/aromatic N) is 3. The molecule has 0 spiro atoms. The molecule has 184 valence electrons. The summed E-state index contributed by atoms with van der Waals surface area (Å²) in [5.74, 6) is -0.971.